The van der Waals surface area contributed by atoms with Gasteiger partial charge < -0.3 is 15.2 Å². The van der Waals surface area contributed by atoms with E-state index >= 15 is 0 Å². The molecule has 2 aromatic rings. The third-order valence-electron chi connectivity index (χ3n) is 3.60. The molecule has 0 saturated heterocycles. The molecule has 1 unspecified atom stereocenters. The molecule has 0 saturated carbocycles. The molecule has 0 aliphatic carbocycles. The minimum absolute atomic E-state index is 0.0428. The molecule has 0 amide bonds. The number of nitrogens with zero attached hydrogens (tertiary/aromatic N) is 1. The molecule has 2 N–H and O–H groups in total. The van der Waals surface area contributed by atoms with Crippen LogP contribution in [0.4, 0.5) is 0 Å². The maximum absolute atomic E-state index is 11.7. The van der Waals surface area contributed by atoms with Crippen molar-refractivity contribution in [3.05, 3.63) is 46.2 Å². The molecule has 4 heteroatoms. The average molecular weight is 273 g/mol. The van der Waals surface area contributed by atoms with Gasteiger partial charge in [-0.1, -0.05) is 25.1 Å². The third kappa shape index (κ3) is 3.68. The fraction of sp³-hybridized carbons (Fsp3) is 0.438. The minimum atomic E-state index is -0.0428. The molecule has 4 nitrogen and oxygen atoms in total. The summed E-state index contributed by atoms with van der Waals surface area (Å²) < 4.78 is 0. The van der Waals surface area contributed by atoms with E-state index in [1.54, 1.807) is 6.07 Å². The predicted molar refractivity (Wildman–Crippen MR) is 84.0 cm³/mol. The molecule has 1 atom stereocenters. The molecule has 1 heterocycles. The Bertz CT molecular complexity index is 620. The topological polar surface area (TPSA) is 48.1 Å². The van der Waals surface area contributed by atoms with E-state index in [-0.39, 0.29) is 5.56 Å². The van der Waals surface area contributed by atoms with Crippen LogP contribution in [0.2, 0.25) is 0 Å². The lowest BCUT2D eigenvalue weighted by Gasteiger charge is -2.21. The summed E-state index contributed by atoms with van der Waals surface area (Å²) in [7, 11) is 2.11. The molecular formula is C16H23N3O. The van der Waals surface area contributed by atoms with Crippen LogP contribution in [0.25, 0.3) is 10.9 Å². The van der Waals surface area contributed by atoms with E-state index in [2.05, 4.69) is 36.1 Å². The summed E-state index contributed by atoms with van der Waals surface area (Å²) >= 11 is 0. The quantitative estimate of drug-likeness (QED) is 0.846. The van der Waals surface area contributed by atoms with Gasteiger partial charge in [0, 0.05) is 36.1 Å². The highest BCUT2D eigenvalue weighted by atomic mass is 16.1. The number of aromatic nitrogens is 1. The third-order valence-corrected chi connectivity index (χ3v) is 3.60. The molecule has 0 bridgehead atoms. The standard InChI is InChI=1S/C16H23N3O/c1-4-19(3)11-12(2)17-10-13-9-16(20)18-15-8-6-5-7-14(13)15/h5-9,12,17H,4,10-11H2,1-3H3,(H,18,20). The SMILES string of the molecule is CCN(C)CC(C)NCc1cc(=O)[nH]c2ccccc12. The molecule has 0 radical (unpaired) electrons. The van der Waals surface area contributed by atoms with Gasteiger partial charge in [-0.05, 0) is 32.1 Å². The van der Waals surface area contributed by atoms with Crippen LogP contribution in [0, 0.1) is 0 Å². The van der Waals surface area contributed by atoms with Crippen molar-refractivity contribution < 1.29 is 0 Å². The second kappa shape index (κ2) is 6.68. The van der Waals surface area contributed by atoms with Crippen molar-refractivity contribution in [1.29, 1.82) is 0 Å². The number of rotatable bonds is 6. The van der Waals surface area contributed by atoms with Crippen LogP contribution in [0.15, 0.2) is 35.1 Å². The monoisotopic (exact) mass is 273 g/mol. The molecular weight excluding hydrogens is 250 g/mol. The van der Waals surface area contributed by atoms with Crippen LogP contribution in [0.1, 0.15) is 19.4 Å². The van der Waals surface area contributed by atoms with Crippen molar-refractivity contribution in [1.82, 2.24) is 15.2 Å². The Morgan fingerprint density at radius 3 is 2.85 bits per heavy atom. The number of hydrogen-bond donors (Lipinski definition) is 2. The molecule has 0 aliphatic heterocycles. The predicted octanol–water partition coefficient (Wildman–Crippen LogP) is 1.96. The van der Waals surface area contributed by atoms with Crippen LogP contribution in [-0.2, 0) is 6.54 Å². The Morgan fingerprint density at radius 2 is 2.10 bits per heavy atom. The number of fused-ring (bicyclic) bond motifs is 1. The summed E-state index contributed by atoms with van der Waals surface area (Å²) in [6, 6.07) is 10.00. The minimum Gasteiger partial charge on any atom is -0.322 e. The summed E-state index contributed by atoms with van der Waals surface area (Å²) in [5, 5.41) is 4.60. The summed E-state index contributed by atoms with van der Waals surface area (Å²) in [5.74, 6) is 0. The van der Waals surface area contributed by atoms with Gasteiger partial charge in [0.2, 0.25) is 5.56 Å². The fourth-order valence-electron chi connectivity index (χ4n) is 2.37. The maximum Gasteiger partial charge on any atom is 0.248 e. The Hall–Kier alpha value is -1.65. The molecule has 1 aromatic carbocycles. The lowest BCUT2D eigenvalue weighted by Crippen LogP contribution is -2.37. The highest BCUT2D eigenvalue weighted by molar-refractivity contribution is 5.81. The zero-order valence-electron chi connectivity index (χ0n) is 12.4. The summed E-state index contributed by atoms with van der Waals surface area (Å²) in [6.07, 6.45) is 0. The van der Waals surface area contributed by atoms with E-state index in [9.17, 15) is 4.79 Å². The van der Waals surface area contributed by atoms with Crippen molar-refractivity contribution in [3.63, 3.8) is 0 Å². The first-order chi connectivity index (χ1) is 9.60. The Kier molecular flexibility index (Phi) is 4.93. The van der Waals surface area contributed by atoms with Gasteiger partial charge in [-0.2, -0.15) is 0 Å². The molecule has 2 rings (SSSR count). The number of likely N-dealkylation sites (N-methyl/N-ethyl adjacent to an activating group) is 1. The first kappa shape index (κ1) is 14.8. The number of H-pyrrole nitrogens is 1. The highest BCUT2D eigenvalue weighted by Gasteiger charge is 2.07. The van der Waals surface area contributed by atoms with Gasteiger partial charge in [0.15, 0.2) is 0 Å². The van der Waals surface area contributed by atoms with E-state index in [0.29, 0.717) is 12.6 Å². The van der Waals surface area contributed by atoms with Crippen molar-refractivity contribution >= 4 is 10.9 Å². The second-order valence-corrected chi connectivity index (χ2v) is 5.34. The second-order valence-electron chi connectivity index (χ2n) is 5.34. The first-order valence-corrected chi connectivity index (χ1v) is 7.13. The van der Waals surface area contributed by atoms with Crippen molar-refractivity contribution in [3.8, 4) is 0 Å². The Labute approximate surface area is 119 Å². The normalized spacial score (nSPS) is 13.0. The van der Waals surface area contributed by atoms with E-state index in [1.165, 1.54) is 0 Å². The van der Waals surface area contributed by atoms with Crippen LogP contribution in [0.3, 0.4) is 0 Å². The van der Waals surface area contributed by atoms with Crippen LogP contribution < -0.4 is 10.9 Å². The summed E-state index contributed by atoms with van der Waals surface area (Å²) in [5.41, 5.74) is 1.91. The largest absolute Gasteiger partial charge is 0.322 e. The fourth-order valence-corrected chi connectivity index (χ4v) is 2.37. The lowest BCUT2D eigenvalue weighted by atomic mass is 10.1. The molecule has 1 aromatic heterocycles. The maximum atomic E-state index is 11.7. The zero-order chi connectivity index (χ0) is 14.5. The van der Waals surface area contributed by atoms with Crippen LogP contribution in [0.5, 0.6) is 0 Å². The van der Waals surface area contributed by atoms with E-state index < -0.39 is 0 Å². The summed E-state index contributed by atoms with van der Waals surface area (Å²) in [6.45, 7) is 7.07. The van der Waals surface area contributed by atoms with Gasteiger partial charge in [-0.15, -0.1) is 0 Å². The van der Waals surface area contributed by atoms with Crippen molar-refractivity contribution in [2.75, 3.05) is 20.1 Å². The smallest absolute Gasteiger partial charge is 0.248 e. The molecule has 0 spiro atoms. The van der Waals surface area contributed by atoms with Crippen LogP contribution in [-0.4, -0.2) is 36.1 Å². The molecule has 108 valence electrons. The number of aromatic amines is 1. The molecule has 0 fully saturated rings. The zero-order valence-corrected chi connectivity index (χ0v) is 12.4. The van der Waals surface area contributed by atoms with Gasteiger partial charge in [0.05, 0.1) is 0 Å². The van der Waals surface area contributed by atoms with Gasteiger partial charge in [0.1, 0.15) is 0 Å². The van der Waals surface area contributed by atoms with E-state index in [1.807, 2.05) is 24.3 Å². The molecule has 20 heavy (non-hydrogen) atoms. The van der Waals surface area contributed by atoms with Crippen LogP contribution >= 0.6 is 0 Å². The first-order valence-electron chi connectivity index (χ1n) is 7.13. The number of benzene rings is 1. The highest BCUT2D eigenvalue weighted by Crippen LogP contribution is 2.14. The van der Waals surface area contributed by atoms with Crippen molar-refractivity contribution in [2.45, 2.75) is 26.4 Å². The van der Waals surface area contributed by atoms with Gasteiger partial charge in [-0.25, -0.2) is 0 Å². The molecule has 0 aliphatic rings. The number of pyridine rings is 1. The van der Waals surface area contributed by atoms with E-state index in [4.69, 9.17) is 0 Å². The lowest BCUT2D eigenvalue weighted by molar-refractivity contribution is 0.309. The van der Waals surface area contributed by atoms with Crippen molar-refractivity contribution in [2.24, 2.45) is 0 Å². The number of nitrogens with one attached hydrogen (secondary N) is 2. The number of hydrogen-bond acceptors (Lipinski definition) is 3. The van der Waals surface area contributed by atoms with Gasteiger partial charge in [-0.3, -0.25) is 4.79 Å². The average Bonchev–Trinajstić information content (AvgIpc) is 2.44. The van der Waals surface area contributed by atoms with Gasteiger partial charge in [0.25, 0.3) is 0 Å². The Balaban J connectivity index is 2.12. The Morgan fingerprint density at radius 1 is 1.35 bits per heavy atom. The van der Waals surface area contributed by atoms with Gasteiger partial charge >= 0.3 is 0 Å². The summed E-state index contributed by atoms with van der Waals surface area (Å²) in [4.78, 5) is 16.8. The number of para-hydroxylation sites is 1. The van der Waals surface area contributed by atoms with E-state index in [0.717, 1.165) is 29.6 Å².